The number of methoxy groups -OCH3 is 3. The number of hydrogen-bond donors (Lipinski definition) is 0. The Labute approximate surface area is 231 Å². The molecule has 200 valence electrons. The summed E-state index contributed by atoms with van der Waals surface area (Å²) in [7, 11) is 4.35. The second-order valence-corrected chi connectivity index (χ2v) is 9.78. The highest BCUT2D eigenvalue weighted by molar-refractivity contribution is 9.10. The number of amides is 3. The molecule has 0 saturated carbocycles. The van der Waals surface area contributed by atoms with Crippen molar-refractivity contribution in [2.75, 3.05) is 26.2 Å². The number of nitro benzene ring substituents is 1. The van der Waals surface area contributed by atoms with E-state index in [-0.39, 0.29) is 11.1 Å². The van der Waals surface area contributed by atoms with Crippen molar-refractivity contribution in [2.24, 2.45) is 0 Å². The first kappa shape index (κ1) is 26.2. The molecule has 1 saturated heterocycles. The van der Waals surface area contributed by atoms with Crippen LogP contribution in [0, 0.1) is 17.0 Å². The maximum atomic E-state index is 13.8. The third kappa shape index (κ3) is 3.90. The van der Waals surface area contributed by atoms with Gasteiger partial charge in [0.15, 0.2) is 11.5 Å². The summed E-state index contributed by atoms with van der Waals surface area (Å²) < 4.78 is 17.3. The zero-order valence-corrected chi connectivity index (χ0v) is 22.8. The molecule has 3 aromatic rings. The normalized spacial score (nSPS) is 18.1. The van der Waals surface area contributed by atoms with Gasteiger partial charge in [0.2, 0.25) is 5.75 Å². The molecule has 5 rings (SSSR count). The van der Waals surface area contributed by atoms with Gasteiger partial charge in [-0.05, 0) is 54.4 Å². The quantitative estimate of drug-likeness (QED) is 0.170. The monoisotopic (exact) mass is 595 g/mol. The first-order valence-corrected chi connectivity index (χ1v) is 12.5. The molecule has 0 N–H and O–H groups in total. The van der Waals surface area contributed by atoms with Crippen LogP contribution in [0.5, 0.6) is 17.2 Å². The number of carbonyl (C=O) groups is 3. The second-order valence-electron chi connectivity index (χ2n) is 8.93. The van der Waals surface area contributed by atoms with E-state index in [2.05, 4.69) is 15.9 Å². The average molecular weight is 596 g/mol. The van der Waals surface area contributed by atoms with Gasteiger partial charge in [-0.2, -0.15) is 0 Å². The van der Waals surface area contributed by atoms with Crippen LogP contribution in [0.4, 0.5) is 11.4 Å². The fourth-order valence-electron chi connectivity index (χ4n) is 5.09. The fourth-order valence-corrected chi connectivity index (χ4v) is 5.33. The highest BCUT2D eigenvalue weighted by Gasteiger charge is 2.58. The topological polar surface area (TPSA) is 129 Å². The van der Waals surface area contributed by atoms with Crippen molar-refractivity contribution in [1.82, 2.24) is 4.90 Å². The number of rotatable bonds is 7. The highest BCUT2D eigenvalue weighted by atomic mass is 79.9. The number of carbonyl (C=O) groups excluding carboxylic acids is 3. The Balaban J connectivity index is 1.67. The summed E-state index contributed by atoms with van der Waals surface area (Å²) in [6.07, 6.45) is 0. The minimum Gasteiger partial charge on any atom is -0.493 e. The first-order valence-electron chi connectivity index (χ1n) is 11.7. The molecule has 0 aliphatic carbocycles. The molecule has 0 aromatic heterocycles. The standard InChI is InChI=1S/C27H22BrN3O8/c1-13-10-15(8-9-17(13)28)29-22(14-11-19(37-2)24(39-4)20(12-14)38-3)23(27(29)34)30-25(32)16-6-5-7-18(31(35)36)21(16)26(30)33/h5-12,22-23H,1-4H3/t22-,23-/m1/s1. The molecule has 2 atom stereocenters. The van der Waals surface area contributed by atoms with E-state index in [4.69, 9.17) is 14.2 Å². The number of benzene rings is 3. The lowest BCUT2D eigenvalue weighted by Gasteiger charge is -2.50. The Morgan fingerprint density at radius 1 is 0.872 bits per heavy atom. The lowest BCUT2D eigenvalue weighted by Crippen LogP contribution is -2.67. The maximum Gasteiger partial charge on any atom is 0.282 e. The Morgan fingerprint density at radius 2 is 1.54 bits per heavy atom. The molecule has 2 aliphatic heterocycles. The van der Waals surface area contributed by atoms with E-state index in [9.17, 15) is 24.5 Å². The highest BCUT2D eigenvalue weighted by Crippen LogP contribution is 2.49. The molecular weight excluding hydrogens is 574 g/mol. The van der Waals surface area contributed by atoms with E-state index in [1.165, 1.54) is 38.4 Å². The summed E-state index contributed by atoms with van der Waals surface area (Å²) >= 11 is 3.46. The Morgan fingerprint density at radius 3 is 2.10 bits per heavy atom. The number of imide groups is 1. The minimum atomic E-state index is -1.27. The molecule has 11 nitrogen and oxygen atoms in total. The summed E-state index contributed by atoms with van der Waals surface area (Å²) in [4.78, 5) is 54.0. The summed E-state index contributed by atoms with van der Waals surface area (Å²) in [5.74, 6) is -1.24. The molecule has 3 amide bonds. The van der Waals surface area contributed by atoms with Gasteiger partial charge in [-0.1, -0.05) is 22.0 Å². The number of fused-ring (bicyclic) bond motifs is 1. The van der Waals surface area contributed by atoms with Crippen molar-refractivity contribution >= 4 is 45.0 Å². The van der Waals surface area contributed by atoms with Crippen LogP contribution in [0.3, 0.4) is 0 Å². The number of aryl methyl sites for hydroxylation is 1. The predicted molar refractivity (Wildman–Crippen MR) is 143 cm³/mol. The third-order valence-electron chi connectivity index (χ3n) is 6.92. The van der Waals surface area contributed by atoms with E-state index in [0.717, 1.165) is 21.0 Å². The van der Waals surface area contributed by atoms with Crippen molar-refractivity contribution in [3.63, 3.8) is 0 Å². The average Bonchev–Trinajstić information content (AvgIpc) is 3.17. The van der Waals surface area contributed by atoms with Gasteiger partial charge < -0.3 is 19.1 Å². The zero-order valence-electron chi connectivity index (χ0n) is 21.3. The van der Waals surface area contributed by atoms with Gasteiger partial charge in [-0.25, -0.2) is 0 Å². The second kappa shape index (κ2) is 9.70. The molecule has 39 heavy (non-hydrogen) atoms. The molecule has 0 bridgehead atoms. The molecule has 12 heteroatoms. The number of ether oxygens (including phenoxy) is 3. The molecule has 1 fully saturated rings. The van der Waals surface area contributed by atoms with Crippen LogP contribution in [-0.4, -0.2) is 54.9 Å². The van der Waals surface area contributed by atoms with Gasteiger partial charge in [-0.15, -0.1) is 0 Å². The number of anilines is 1. The SMILES string of the molecule is COc1cc([C@@H]2[C@@H](N3C(=O)c4cccc([N+](=O)[O-])c4C3=O)C(=O)N2c2ccc(Br)c(C)c2)cc(OC)c1OC. The van der Waals surface area contributed by atoms with Gasteiger partial charge in [0.1, 0.15) is 11.6 Å². The fraction of sp³-hybridized carbons (Fsp3) is 0.222. The number of β-lactam (4-membered cyclic amide) rings is 1. The molecular formula is C27H22BrN3O8. The Kier molecular flexibility index (Phi) is 6.51. The van der Waals surface area contributed by atoms with E-state index >= 15 is 0 Å². The molecule has 2 heterocycles. The molecule has 3 aromatic carbocycles. The van der Waals surface area contributed by atoms with Gasteiger partial charge in [0.05, 0.1) is 37.9 Å². The van der Waals surface area contributed by atoms with Crippen molar-refractivity contribution in [3.05, 3.63) is 85.4 Å². The van der Waals surface area contributed by atoms with Crippen LogP contribution in [0.2, 0.25) is 0 Å². The zero-order chi connectivity index (χ0) is 28.2. The maximum absolute atomic E-state index is 13.8. The van der Waals surface area contributed by atoms with E-state index in [0.29, 0.717) is 28.5 Å². The van der Waals surface area contributed by atoms with E-state index in [1.807, 2.05) is 6.92 Å². The van der Waals surface area contributed by atoms with E-state index in [1.54, 1.807) is 30.3 Å². The summed E-state index contributed by atoms with van der Waals surface area (Å²) in [6.45, 7) is 1.87. The minimum absolute atomic E-state index is 0.122. The van der Waals surface area contributed by atoms with Crippen LogP contribution in [0.25, 0.3) is 0 Å². The van der Waals surface area contributed by atoms with Gasteiger partial charge in [0.25, 0.3) is 23.4 Å². The summed E-state index contributed by atoms with van der Waals surface area (Å²) in [5.41, 5.74) is 0.957. The van der Waals surface area contributed by atoms with Crippen LogP contribution in [-0.2, 0) is 4.79 Å². The summed E-state index contributed by atoms with van der Waals surface area (Å²) in [6, 6.07) is 10.3. The van der Waals surface area contributed by atoms with Crippen LogP contribution >= 0.6 is 15.9 Å². The Bertz CT molecular complexity index is 1550. The molecule has 0 unspecified atom stereocenters. The van der Waals surface area contributed by atoms with Gasteiger partial charge in [-0.3, -0.25) is 29.4 Å². The third-order valence-corrected chi connectivity index (χ3v) is 7.80. The van der Waals surface area contributed by atoms with E-state index < -0.39 is 40.4 Å². The van der Waals surface area contributed by atoms with Gasteiger partial charge in [0, 0.05) is 16.2 Å². The largest absolute Gasteiger partial charge is 0.493 e. The lowest BCUT2D eigenvalue weighted by atomic mass is 9.85. The van der Waals surface area contributed by atoms with Crippen LogP contribution in [0.1, 0.15) is 37.9 Å². The number of hydrogen-bond acceptors (Lipinski definition) is 8. The van der Waals surface area contributed by atoms with Crippen molar-refractivity contribution < 1.29 is 33.5 Å². The molecule has 0 spiro atoms. The molecule has 2 aliphatic rings. The number of nitrogens with zero attached hydrogens (tertiary/aromatic N) is 3. The number of halogens is 1. The molecule has 0 radical (unpaired) electrons. The number of nitro groups is 1. The first-order chi connectivity index (χ1) is 18.6. The van der Waals surface area contributed by atoms with Crippen LogP contribution < -0.4 is 19.1 Å². The predicted octanol–water partition coefficient (Wildman–Crippen LogP) is 4.44. The smallest absolute Gasteiger partial charge is 0.282 e. The van der Waals surface area contributed by atoms with Crippen LogP contribution in [0.15, 0.2) is 53.0 Å². The van der Waals surface area contributed by atoms with Crippen molar-refractivity contribution in [2.45, 2.75) is 19.0 Å². The Hall–Kier alpha value is -4.45. The summed E-state index contributed by atoms with van der Waals surface area (Å²) in [5, 5.41) is 11.6. The lowest BCUT2D eigenvalue weighted by molar-refractivity contribution is -0.385. The van der Waals surface area contributed by atoms with Crippen molar-refractivity contribution in [1.29, 1.82) is 0 Å². The van der Waals surface area contributed by atoms with Crippen molar-refractivity contribution in [3.8, 4) is 17.2 Å². The van der Waals surface area contributed by atoms with Gasteiger partial charge >= 0.3 is 0 Å².